The Morgan fingerprint density at radius 1 is 1.00 bits per heavy atom. The molecule has 0 aliphatic rings. The summed E-state index contributed by atoms with van der Waals surface area (Å²) in [6, 6.07) is 16.1. The maximum Gasteiger partial charge on any atom is 0.264 e. The van der Waals surface area contributed by atoms with Gasteiger partial charge in [-0.3, -0.25) is 4.79 Å². The lowest BCUT2D eigenvalue weighted by molar-refractivity contribution is 0.0920. The first-order chi connectivity index (χ1) is 10.6. The highest BCUT2D eigenvalue weighted by Crippen LogP contribution is 2.27. The molecule has 2 aromatic rings. The van der Waals surface area contributed by atoms with Gasteiger partial charge >= 0.3 is 0 Å². The van der Waals surface area contributed by atoms with Crippen molar-refractivity contribution in [3.8, 4) is 11.5 Å². The Labute approximate surface area is 135 Å². The van der Waals surface area contributed by atoms with Crippen LogP contribution in [0.1, 0.15) is 10.4 Å². The molecule has 2 rings (SSSR count). The van der Waals surface area contributed by atoms with Gasteiger partial charge in [-0.1, -0.05) is 42.5 Å². The molecule has 0 amide bonds. The number of ether oxygens (including phenoxy) is 2. The van der Waals surface area contributed by atoms with Crippen LogP contribution in [0, 0.1) is 0 Å². The summed E-state index contributed by atoms with van der Waals surface area (Å²) < 4.78 is 11.1. The predicted octanol–water partition coefficient (Wildman–Crippen LogP) is 3.17. The van der Waals surface area contributed by atoms with Crippen molar-refractivity contribution in [3.63, 3.8) is 0 Å². The van der Waals surface area contributed by atoms with Crippen LogP contribution in [-0.4, -0.2) is 36.6 Å². The van der Waals surface area contributed by atoms with Crippen molar-refractivity contribution in [1.82, 2.24) is 4.90 Å². The van der Waals surface area contributed by atoms with Gasteiger partial charge in [0.1, 0.15) is 0 Å². The van der Waals surface area contributed by atoms with E-state index in [2.05, 4.69) is 0 Å². The van der Waals surface area contributed by atoms with E-state index in [1.807, 2.05) is 30.3 Å². The van der Waals surface area contributed by atoms with E-state index in [0.717, 1.165) is 0 Å². The van der Waals surface area contributed by atoms with Crippen LogP contribution in [0.5, 0.6) is 11.5 Å². The van der Waals surface area contributed by atoms with Crippen LogP contribution in [0.3, 0.4) is 0 Å². The third-order valence-corrected chi connectivity index (χ3v) is 3.31. The standard InChI is InChI=1S/C17H17NO3S/c1-18(2)17(22)21-16-11-7-6-10-15(16)20-12-14(19)13-8-4-3-5-9-13/h3-11H,12H2,1-2H3. The molecule has 0 N–H and O–H groups in total. The highest BCUT2D eigenvalue weighted by molar-refractivity contribution is 7.80. The fourth-order valence-electron chi connectivity index (χ4n) is 1.69. The van der Waals surface area contributed by atoms with Crippen molar-refractivity contribution < 1.29 is 14.3 Å². The Morgan fingerprint density at radius 2 is 1.59 bits per heavy atom. The second kappa shape index (κ2) is 7.56. The van der Waals surface area contributed by atoms with Crippen molar-refractivity contribution in [3.05, 3.63) is 60.2 Å². The van der Waals surface area contributed by atoms with Gasteiger partial charge in [-0.05, 0) is 24.4 Å². The van der Waals surface area contributed by atoms with Crippen molar-refractivity contribution in [1.29, 1.82) is 0 Å². The molecule has 0 aromatic heterocycles. The van der Waals surface area contributed by atoms with Crippen LogP contribution >= 0.6 is 12.2 Å². The molecule has 4 nitrogen and oxygen atoms in total. The maximum atomic E-state index is 12.1. The maximum absolute atomic E-state index is 12.1. The van der Waals surface area contributed by atoms with Gasteiger partial charge in [0.05, 0.1) is 0 Å². The third kappa shape index (κ3) is 4.30. The zero-order valence-corrected chi connectivity index (χ0v) is 13.3. The van der Waals surface area contributed by atoms with Crippen LogP contribution in [0.2, 0.25) is 0 Å². The molecule has 5 heteroatoms. The zero-order valence-electron chi connectivity index (χ0n) is 12.5. The second-order valence-electron chi connectivity index (χ2n) is 4.79. The lowest BCUT2D eigenvalue weighted by atomic mass is 10.1. The van der Waals surface area contributed by atoms with Gasteiger partial charge in [0, 0.05) is 19.7 Å². The Hall–Kier alpha value is -2.40. The number of carbonyl (C=O) groups is 1. The number of carbonyl (C=O) groups excluding carboxylic acids is 1. The summed E-state index contributed by atoms with van der Waals surface area (Å²) in [6.45, 7) is -0.0564. The number of nitrogens with zero attached hydrogens (tertiary/aromatic N) is 1. The normalized spacial score (nSPS) is 9.91. The predicted molar refractivity (Wildman–Crippen MR) is 89.6 cm³/mol. The van der Waals surface area contributed by atoms with Gasteiger partial charge in [-0.2, -0.15) is 0 Å². The van der Waals surface area contributed by atoms with Gasteiger partial charge < -0.3 is 14.4 Å². The van der Waals surface area contributed by atoms with E-state index >= 15 is 0 Å². The van der Waals surface area contributed by atoms with Crippen LogP contribution in [0.25, 0.3) is 0 Å². The van der Waals surface area contributed by atoms with Crippen LogP contribution in [0.4, 0.5) is 0 Å². The van der Waals surface area contributed by atoms with Gasteiger partial charge in [0.25, 0.3) is 5.17 Å². The van der Waals surface area contributed by atoms with E-state index in [9.17, 15) is 4.79 Å². The molecule has 0 aliphatic carbocycles. The molecule has 114 valence electrons. The minimum absolute atomic E-state index is 0.0564. The smallest absolute Gasteiger partial charge is 0.264 e. The van der Waals surface area contributed by atoms with Gasteiger partial charge in [0.15, 0.2) is 23.9 Å². The van der Waals surface area contributed by atoms with E-state index < -0.39 is 0 Å². The largest absolute Gasteiger partial charge is 0.482 e. The molecule has 0 bridgehead atoms. The molecule has 0 radical (unpaired) electrons. The summed E-state index contributed by atoms with van der Waals surface area (Å²) in [5.41, 5.74) is 0.615. The Morgan fingerprint density at radius 3 is 2.23 bits per heavy atom. The average molecular weight is 315 g/mol. The van der Waals surface area contributed by atoms with Crippen LogP contribution < -0.4 is 9.47 Å². The van der Waals surface area contributed by atoms with Gasteiger partial charge in [-0.25, -0.2) is 0 Å². The molecule has 0 spiro atoms. The van der Waals surface area contributed by atoms with Crippen molar-refractivity contribution in [2.24, 2.45) is 0 Å². The Bertz CT molecular complexity index is 656. The summed E-state index contributed by atoms with van der Waals surface area (Å²) in [5.74, 6) is 0.878. The fraction of sp³-hybridized carbons (Fsp3) is 0.176. The average Bonchev–Trinajstić information content (AvgIpc) is 2.54. The van der Waals surface area contributed by atoms with Crippen molar-refractivity contribution >= 4 is 23.2 Å². The molecule has 0 aliphatic heterocycles. The SMILES string of the molecule is CN(C)C(=S)Oc1ccccc1OCC(=O)c1ccccc1. The third-order valence-electron chi connectivity index (χ3n) is 2.87. The number of hydrogen-bond acceptors (Lipinski definition) is 4. The summed E-state index contributed by atoms with van der Waals surface area (Å²) in [4.78, 5) is 13.7. The number of Topliss-reactive ketones (excluding diaryl/α,β-unsaturated/α-hetero) is 1. The molecule has 0 fully saturated rings. The molecule has 0 saturated heterocycles. The summed E-state index contributed by atoms with van der Waals surface area (Å²) >= 11 is 5.11. The highest BCUT2D eigenvalue weighted by Gasteiger charge is 2.11. The van der Waals surface area contributed by atoms with E-state index in [1.54, 1.807) is 43.3 Å². The first-order valence-electron chi connectivity index (χ1n) is 6.77. The topological polar surface area (TPSA) is 38.8 Å². The van der Waals surface area contributed by atoms with Crippen LogP contribution in [-0.2, 0) is 0 Å². The Balaban J connectivity index is 2.04. The molecule has 22 heavy (non-hydrogen) atoms. The molecule has 0 heterocycles. The zero-order chi connectivity index (χ0) is 15.9. The van der Waals surface area contributed by atoms with Gasteiger partial charge in [0.2, 0.25) is 0 Å². The molecule has 2 aromatic carbocycles. The monoisotopic (exact) mass is 315 g/mol. The van der Waals surface area contributed by atoms with Crippen molar-refractivity contribution in [2.75, 3.05) is 20.7 Å². The summed E-state index contributed by atoms with van der Waals surface area (Å²) in [5, 5.41) is 0.324. The fourth-order valence-corrected chi connectivity index (χ4v) is 1.78. The minimum Gasteiger partial charge on any atom is -0.482 e. The first-order valence-corrected chi connectivity index (χ1v) is 7.18. The number of benzene rings is 2. The Kier molecular flexibility index (Phi) is 5.49. The summed E-state index contributed by atoms with van der Waals surface area (Å²) in [7, 11) is 3.59. The number of para-hydroxylation sites is 2. The first kappa shape index (κ1) is 16.0. The molecule has 0 saturated carbocycles. The molecule has 0 unspecified atom stereocenters. The number of rotatable bonds is 5. The van der Waals surface area contributed by atoms with Crippen molar-refractivity contribution in [2.45, 2.75) is 0 Å². The van der Waals surface area contributed by atoms with E-state index in [1.165, 1.54) is 0 Å². The second-order valence-corrected chi connectivity index (χ2v) is 5.14. The van der Waals surface area contributed by atoms with E-state index in [-0.39, 0.29) is 12.4 Å². The highest BCUT2D eigenvalue weighted by atomic mass is 32.1. The molecule has 0 atom stereocenters. The lowest BCUT2D eigenvalue weighted by Crippen LogP contribution is -2.25. The lowest BCUT2D eigenvalue weighted by Gasteiger charge is -2.16. The summed E-state index contributed by atoms with van der Waals surface area (Å²) in [6.07, 6.45) is 0. The number of hydrogen-bond donors (Lipinski definition) is 0. The quantitative estimate of drug-likeness (QED) is 0.626. The number of thiocarbonyl (C=S) groups is 1. The van der Waals surface area contributed by atoms with E-state index in [4.69, 9.17) is 21.7 Å². The van der Waals surface area contributed by atoms with Crippen LogP contribution in [0.15, 0.2) is 54.6 Å². The van der Waals surface area contributed by atoms with E-state index in [0.29, 0.717) is 22.2 Å². The number of ketones is 1. The molecular formula is C17H17NO3S. The molecular weight excluding hydrogens is 298 g/mol. The van der Waals surface area contributed by atoms with Gasteiger partial charge in [-0.15, -0.1) is 0 Å². The minimum atomic E-state index is -0.0920.